The topological polar surface area (TPSA) is 67.2 Å². The van der Waals surface area contributed by atoms with E-state index in [2.05, 4.69) is 17.6 Å². The fourth-order valence-corrected chi connectivity index (χ4v) is 2.66. The van der Waals surface area contributed by atoms with Crippen LogP contribution in [-0.4, -0.2) is 24.5 Å². The molecule has 0 radical (unpaired) electrons. The molecule has 1 saturated carbocycles. The zero-order chi connectivity index (χ0) is 14.5. The average Bonchev–Trinajstić information content (AvgIpc) is 2.44. The maximum absolute atomic E-state index is 11.9. The van der Waals surface area contributed by atoms with E-state index in [9.17, 15) is 4.79 Å². The molecule has 110 valence electrons. The predicted octanol–water partition coefficient (Wildman–Crippen LogP) is 2.43. The Bertz CT molecular complexity index is 465. The highest BCUT2D eigenvalue weighted by Gasteiger charge is 2.19. The Morgan fingerprint density at radius 3 is 2.65 bits per heavy atom. The van der Waals surface area contributed by atoms with Gasteiger partial charge in [-0.15, -0.1) is 0 Å². The van der Waals surface area contributed by atoms with Gasteiger partial charge < -0.3 is 16.4 Å². The van der Waals surface area contributed by atoms with Gasteiger partial charge in [0.05, 0.1) is 0 Å². The zero-order valence-corrected chi connectivity index (χ0v) is 12.4. The van der Waals surface area contributed by atoms with Gasteiger partial charge in [0.25, 0.3) is 5.91 Å². The molecule has 2 rings (SSSR count). The Labute approximate surface area is 121 Å². The lowest BCUT2D eigenvalue weighted by Crippen LogP contribution is -2.33. The molecule has 1 amide bonds. The van der Waals surface area contributed by atoms with Crippen molar-refractivity contribution in [1.29, 1.82) is 0 Å². The molecule has 0 bridgehead atoms. The molecule has 4 heteroatoms. The van der Waals surface area contributed by atoms with Gasteiger partial charge in [-0.05, 0) is 57.2 Å². The number of amides is 1. The molecule has 0 heterocycles. The van der Waals surface area contributed by atoms with E-state index in [1.54, 1.807) is 0 Å². The molecule has 0 aromatic heterocycles. The molecule has 0 saturated heterocycles. The van der Waals surface area contributed by atoms with E-state index in [4.69, 9.17) is 5.73 Å². The van der Waals surface area contributed by atoms with Crippen molar-refractivity contribution in [3.63, 3.8) is 0 Å². The highest BCUT2D eigenvalue weighted by Crippen LogP contribution is 2.24. The summed E-state index contributed by atoms with van der Waals surface area (Å²) < 4.78 is 0. The Kier molecular flexibility index (Phi) is 5.01. The van der Waals surface area contributed by atoms with Gasteiger partial charge in [-0.2, -0.15) is 0 Å². The van der Waals surface area contributed by atoms with Crippen LogP contribution >= 0.6 is 0 Å². The first-order valence-electron chi connectivity index (χ1n) is 7.51. The first-order chi connectivity index (χ1) is 9.60. The SMILES string of the molecule is CCNC(=O)c1ccc(C)c(NC2CCC(N)CC2)c1. The van der Waals surface area contributed by atoms with E-state index in [0.717, 1.165) is 31.4 Å². The molecule has 0 unspecified atom stereocenters. The Hall–Kier alpha value is -1.55. The molecule has 4 nitrogen and oxygen atoms in total. The van der Waals surface area contributed by atoms with Crippen LogP contribution in [0.15, 0.2) is 18.2 Å². The molecule has 1 aromatic rings. The lowest BCUT2D eigenvalue weighted by Gasteiger charge is -2.28. The number of nitrogens with two attached hydrogens (primary N) is 1. The van der Waals surface area contributed by atoms with E-state index in [0.29, 0.717) is 24.2 Å². The van der Waals surface area contributed by atoms with Gasteiger partial charge in [0.15, 0.2) is 0 Å². The third-order valence-electron chi connectivity index (χ3n) is 3.97. The molecule has 0 aliphatic heterocycles. The molecule has 20 heavy (non-hydrogen) atoms. The minimum Gasteiger partial charge on any atom is -0.382 e. The molecule has 1 aromatic carbocycles. The molecule has 1 aliphatic carbocycles. The van der Waals surface area contributed by atoms with Crippen molar-refractivity contribution in [1.82, 2.24) is 5.32 Å². The maximum Gasteiger partial charge on any atom is 0.251 e. The lowest BCUT2D eigenvalue weighted by molar-refractivity contribution is 0.0956. The van der Waals surface area contributed by atoms with Crippen LogP contribution in [0.5, 0.6) is 0 Å². The van der Waals surface area contributed by atoms with Crippen LogP contribution in [0.3, 0.4) is 0 Å². The van der Waals surface area contributed by atoms with Gasteiger partial charge in [0, 0.05) is 29.9 Å². The summed E-state index contributed by atoms with van der Waals surface area (Å²) in [5.41, 5.74) is 8.89. The number of aryl methyl sites for hydroxylation is 1. The molecular formula is C16H25N3O. The smallest absolute Gasteiger partial charge is 0.251 e. The van der Waals surface area contributed by atoms with Gasteiger partial charge in [-0.1, -0.05) is 6.07 Å². The summed E-state index contributed by atoms with van der Waals surface area (Å²) in [7, 11) is 0. The van der Waals surface area contributed by atoms with Crippen LogP contribution < -0.4 is 16.4 Å². The van der Waals surface area contributed by atoms with Crippen molar-refractivity contribution in [2.24, 2.45) is 5.73 Å². The Morgan fingerprint density at radius 1 is 1.30 bits per heavy atom. The van der Waals surface area contributed by atoms with Crippen LogP contribution in [0.1, 0.15) is 48.5 Å². The summed E-state index contributed by atoms with van der Waals surface area (Å²) in [5, 5.41) is 6.41. The van der Waals surface area contributed by atoms with Crippen molar-refractivity contribution in [2.45, 2.75) is 51.6 Å². The summed E-state index contributed by atoms with van der Waals surface area (Å²) in [6, 6.07) is 6.66. The van der Waals surface area contributed by atoms with Crippen LogP contribution in [-0.2, 0) is 0 Å². The van der Waals surface area contributed by atoms with Gasteiger partial charge in [-0.25, -0.2) is 0 Å². The number of anilines is 1. The quantitative estimate of drug-likeness (QED) is 0.790. The number of carbonyl (C=O) groups is 1. The second-order valence-electron chi connectivity index (χ2n) is 5.65. The highest BCUT2D eigenvalue weighted by molar-refractivity contribution is 5.95. The monoisotopic (exact) mass is 275 g/mol. The number of carbonyl (C=O) groups excluding carboxylic acids is 1. The van der Waals surface area contributed by atoms with Crippen LogP contribution in [0, 0.1) is 6.92 Å². The van der Waals surface area contributed by atoms with Crippen LogP contribution in [0.4, 0.5) is 5.69 Å². The van der Waals surface area contributed by atoms with Crippen molar-refractivity contribution in [3.8, 4) is 0 Å². The average molecular weight is 275 g/mol. The maximum atomic E-state index is 11.9. The highest BCUT2D eigenvalue weighted by atomic mass is 16.1. The summed E-state index contributed by atoms with van der Waals surface area (Å²) in [5.74, 6) is -0.0128. The van der Waals surface area contributed by atoms with Gasteiger partial charge in [0.2, 0.25) is 0 Å². The minimum atomic E-state index is -0.0128. The van der Waals surface area contributed by atoms with Crippen LogP contribution in [0.25, 0.3) is 0 Å². The van der Waals surface area contributed by atoms with E-state index in [1.807, 2.05) is 25.1 Å². The Morgan fingerprint density at radius 2 is 2.00 bits per heavy atom. The molecule has 4 N–H and O–H groups in total. The second-order valence-corrected chi connectivity index (χ2v) is 5.65. The molecule has 1 fully saturated rings. The standard InChI is InChI=1S/C16H25N3O/c1-3-18-16(20)12-5-4-11(2)15(10-12)19-14-8-6-13(17)7-9-14/h4-5,10,13-14,19H,3,6-9,17H2,1-2H3,(H,18,20). The van der Waals surface area contributed by atoms with Crippen LogP contribution in [0.2, 0.25) is 0 Å². The number of rotatable bonds is 4. The van der Waals surface area contributed by atoms with Crippen molar-refractivity contribution < 1.29 is 4.79 Å². The first-order valence-corrected chi connectivity index (χ1v) is 7.51. The molecule has 0 spiro atoms. The van der Waals surface area contributed by atoms with Crippen molar-refractivity contribution >= 4 is 11.6 Å². The number of benzene rings is 1. The summed E-state index contributed by atoms with van der Waals surface area (Å²) in [6.45, 7) is 4.64. The van der Waals surface area contributed by atoms with E-state index >= 15 is 0 Å². The van der Waals surface area contributed by atoms with Gasteiger partial charge in [-0.3, -0.25) is 4.79 Å². The molecular weight excluding hydrogens is 250 g/mol. The van der Waals surface area contributed by atoms with E-state index in [1.165, 1.54) is 5.56 Å². The van der Waals surface area contributed by atoms with Gasteiger partial charge >= 0.3 is 0 Å². The molecule has 1 aliphatic rings. The second kappa shape index (κ2) is 6.75. The molecule has 0 atom stereocenters. The normalized spacial score (nSPS) is 22.4. The number of nitrogens with one attached hydrogen (secondary N) is 2. The number of hydrogen-bond acceptors (Lipinski definition) is 3. The first kappa shape index (κ1) is 14.9. The predicted molar refractivity (Wildman–Crippen MR) is 83.0 cm³/mol. The third-order valence-corrected chi connectivity index (χ3v) is 3.97. The van der Waals surface area contributed by atoms with E-state index in [-0.39, 0.29) is 5.91 Å². The van der Waals surface area contributed by atoms with Crippen molar-refractivity contribution in [2.75, 3.05) is 11.9 Å². The number of hydrogen-bond donors (Lipinski definition) is 3. The largest absolute Gasteiger partial charge is 0.382 e. The summed E-state index contributed by atoms with van der Waals surface area (Å²) >= 11 is 0. The Balaban J connectivity index is 2.06. The lowest BCUT2D eigenvalue weighted by atomic mass is 9.91. The fraction of sp³-hybridized carbons (Fsp3) is 0.562. The van der Waals surface area contributed by atoms with Gasteiger partial charge in [0.1, 0.15) is 0 Å². The van der Waals surface area contributed by atoms with E-state index < -0.39 is 0 Å². The fourth-order valence-electron chi connectivity index (χ4n) is 2.66. The zero-order valence-electron chi connectivity index (χ0n) is 12.4. The summed E-state index contributed by atoms with van der Waals surface area (Å²) in [6.07, 6.45) is 4.36. The summed E-state index contributed by atoms with van der Waals surface area (Å²) in [4.78, 5) is 11.9. The third kappa shape index (κ3) is 3.73. The van der Waals surface area contributed by atoms with Crippen molar-refractivity contribution in [3.05, 3.63) is 29.3 Å². The minimum absolute atomic E-state index is 0.0128.